The van der Waals surface area contributed by atoms with Crippen LogP contribution in [0.1, 0.15) is 21.6 Å². The Hall–Kier alpha value is -2.48. The first-order valence-electron chi connectivity index (χ1n) is 7.29. The standard InChI is InChI=1S/C16H16N2O5S/c1-9-12(15(19)21-2)14(18-16(20)17-9)24-8-10-4-3-5-11-13(10)23-7-6-22-11/h3-5H,6-8H2,1-2H3,(H,17,18,20). The van der Waals surface area contributed by atoms with E-state index < -0.39 is 11.7 Å². The summed E-state index contributed by atoms with van der Waals surface area (Å²) in [6, 6.07) is 5.64. The van der Waals surface area contributed by atoms with Gasteiger partial charge in [-0.1, -0.05) is 12.1 Å². The highest BCUT2D eigenvalue weighted by atomic mass is 32.2. The number of H-pyrrole nitrogens is 1. The zero-order valence-corrected chi connectivity index (χ0v) is 14.1. The van der Waals surface area contributed by atoms with Crippen molar-refractivity contribution in [3.63, 3.8) is 0 Å². The molecular weight excluding hydrogens is 332 g/mol. The minimum absolute atomic E-state index is 0.268. The molecule has 2 heterocycles. The second kappa shape index (κ2) is 6.96. The zero-order chi connectivity index (χ0) is 17.1. The fraction of sp³-hybridized carbons (Fsp3) is 0.312. The van der Waals surface area contributed by atoms with Crippen LogP contribution in [-0.4, -0.2) is 36.3 Å². The predicted molar refractivity (Wildman–Crippen MR) is 87.9 cm³/mol. The van der Waals surface area contributed by atoms with Crippen molar-refractivity contribution in [2.45, 2.75) is 17.7 Å². The lowest BCUT2D eigenvalue weighted by molar-refractivity contribution is 0.0594. The van der Waals surface area contributed by atoms with E-state index >= 15 is 0 Å². The fourth-order valence-corrected chi connectivity index (χ4v) is 3.45. The number of nitrogens with zero attached hydrogens (tertiary/aromatic N) is 1. The van der Waals surface area contributed by atoms with Crippen molar-refractivity contribution in [3.05, 3.63) is 45.5 Å². The molecule has 7 nitrogen and oxygen atoms in total. The first-order valence-corrected chi connectivity index (χ1v) is 8.28. The normalized spacial score (nSPS) is 12.8. The molecule has 0 atom stereocenters. The summed E-state index contributed by atoms with van der Waals surface area (Å²) >= 11 is 1.28. The van der Waals surface area contributed by atoms with Crippen molar-refractivity contribution in [1.29, 1.82) is 0 Å². The molecule has 0 spiro atoms. The van der Waals surface area contributed by atoms with Crippen molar-refractivity contribution in [2.24, 2.45) is 0 Å². The average molecular weight is 348 g/mol. The van der Waals surface area contributed by atoms with Gasteiger partial charge in [0.15, 0.2) is 11.5 Å². The molecule has 0 amide bonds. The van der Waals surface area contributed by atoms with Gasteiger partial charge in [0.05, 0.1) is 7.11 Å². The van der Waals surface area contributed by atoms with Crippen LogP contribution in [0.4, 0.5) is 0 Å². The smallest absolute Gasteiger partial charge is 0.346 e. The van der Waals surface area contributed by atoms with Crippen molar-refractivity contribution in [2.75, 3.05) is 20.3 Å². The van der Waals surface area contributed by atoms with Gasteiger partial charge < -0.3 is 19.2 Å². The van der Waals surface area contributed by atoms with E-state index in [0.29, 0.717) is 41.2 Å². The van der Waals surface area contributed by atoms with Gasteiger partial charge in [-0.3, -0.25) is 0 Å². The number of hydrogen-bond donors (Lipinski definition) is 1. The van der Waals surface area contributed by atoms with E-state index in [4.69, 9.17) is 14.2 Å². The molecule has 1 N–H and O–H groups in total. The Morgan fingerprint density at radius 2 is 2.17 bits per heavy atom. The average Bonchev–Trinajstić information content (AvgIpc) is 2.58. The molecule has 0 aliphatic carbocycles. The Morgan fingerprint density at radius 1 is 1.38 bits per heavy atom. The molecule has 126 valence electrons. The molecular formula is C16H16N2O5S. The Kier molecular flexibility index (Phi) is 4.75. The van der Waals surface area contributed by atoms with Gasteiger partial charge in [0.2, 0.25) is 0 Å². The SMILES string of the molecule is COC(=O)c1c(SCc2cccc3c2OCCO3)nc(=O)[nH]c1C. The molecule has 1 aliphatic rings. The highest BCUT2D eigenvalue weighted by molar-refractivity contribution is 7.98. The van der Waals surface area contributed by atoms with E-state index in [1.54, 1.807) is 6.92 Å². The van der Waals surface area contributed by atoms with E-state index in [-0.39, 0.29) is 5.56 Å². The Morgan fingerprint density at radius 3 is 2.96 bits per heavy atom. The number of ether oxygens (including phenoxy) is 3. The van der Waals surface area contributed by atoms with Gasteiger partial charge in [0.1, 0.15) is 23.8 Å². The number of para-hydroxylation sites is 1. The summed E-state index contributed by atoms with van der Waals surface area (Å²) in [4.78, 5) is 30.0. The van der Waals surface area contributed by atoms with Crippen LogP contribution in [0.2, 0.25) is 0 Å². The molecule has 1 aliphatic heterocycles. The topological polar surface area (TPSA) is 90.5 Å². The largest absolute Gasteiger partial charge is 0.486 e. The molecule has 24 heavy (non-hydrogen) atoms. The third-order valence-electron chi connectivity index (χ3n) is 3.49. The van der Waals surface area contributed by atoms with Gasteiger partial charge in [0.25, 0.3) is 0 Å². The van der Waals surface area contributed by atoms with Crippen LogP contribution in [0.15, 0.2) is 28.0 Å². The van der Waals surface area contributed by atoms with Crippen molar-refractivity contribution in [1.82, 2.24) is 9.97 Å². The summed E-state index contributed by atoms with van der Waals surface area (Å²) in [5.41, 5.74) is 1.10. The second-order valence-electron chi connectivity index (χ2n) is 5.07. The van der Waals surface area contributed by atoms with Crippen LogP contribution >= 0.6 is 11.8 Å². The third-order valence-corrected chi connectivity index (χ3v) is 4.51. The highest BCUT2D eigenvalue weighted by Gasteiger charge is 2.20. The van der Waals surface area contributed by atoms with E-state index in [1.165, 1.54) is 18.9 Å². The number of nitrogens with one attached hydrogen (secondary N) is 1. The van der Waals surface area contributed by atoms with Crippen LogP contribution in [0.5, 0.6) is 11.5 Å². The van der Waals surface area contributed by atoms with E-state index in [2.05, 4.69) is 9.97 Å². The number of fused-ring (bicyclic) bond motifs is 1. The van der Waals surface area contributed by atoms with E-state index in [9.17, 15) is 9.59 Å². The van der Waals surface area contributed by atoms with Gasteiger partial charge in [-0.25, -0.2) is 9.59 Å². The lowest BCUT2D eigenvalue weighted by Crippen LogP contribution is -2.19. The summed E-state index contributed by atoms with van der Waals surface area (Å²) in [5, 5.41) is 0.331. The highest BCUT2D eigenvalue weighted by Crippen LogP contribution is 2.37. The maximum atomic E-state index is 12.0. The predicted octanol–water partition coefficient (Wildman–Crippen LogP) is 1.93. The van der Waals surface area contributed by atoms with Gasteiger partial charge in [-0.2, -0.15) is 4.98 Å². The fourth-order valence-electron chi connectivity index (χ4n) is 2.40. The lowest BCUT2D eigenvalue weighted by atomic mass is 10.2. The quantitative estimate of drug-likeness (QED) is 0.513. The molecule has 0 radical (unpaired) electrons. The summed E-state index contributed by atoms with van der Waals surface area (Å²) in [7, 11) is 1.29. The number of carbonyl (C=O) groups is 1. The molecule has 0 unspecified atom stereocenters. The maximum absolute atomic E-state index is 12.0. The van der Waals surface area contributed by atoms with E-state index in [0.717, 1.165) is 5.56 Å². The maximum Gasteiger partial charge on any atom is 0.346 e. The van der Waals surface area contributed by atoms with Crippen molar-refractivity contribution >= 4 is 17.7 Å². The van der Waals surface area contributed by atoms with Crippen LogP contribution in [-0.2, 0) is 10.5 Å². The molecule has 2 aromatic rings. The molecule has 1 aromatic carbocycles. The molecule has 0 saturated heterocycles. The first-order chi connectivity index (χ1) is 11.6. The molecule has 0 saturated carbocycles. The van der Waals surface area contributed by atoms with Gasteiger partial charge in [0, 0.05) is 17.0 Å². The van der Waals surface area contributed by atoms with Crippen molar-refractivity contribution < 1.29 is 19.0 Å². The zero-order valence-electron chi connectivity index (χ0n) is 13.3. The number of methoxy groups -OCH3 is 1. The minimum atomic E-state index is -0.534. The number of carbonyl (C=O) groups excluding carboxylic acids is 1. The number of benzene rings is 1. The first kappa shape index (κ1) is 16.4. The second-order valence-corrected chi connectivity index (χ2v) is 6.03. The Labute approximate surface area is 142 Å². The molecule has 8 heteroatoms. The number of aromatic nitrogens is 2. The third kappa shape index (κ3) is 3.23. The van der Waals surface area contributed by atoms with Gasteiger partial charge in [-0.05, 0) is 13.0 Å². The Balaban J connectivity index is 1.90. The number of rotatable bonds is 4. The molecule has 0 bridgehead atoms. The lowest BCUT2D eigenvalue weighted by Gasteiger charge is -2.20. The van der Waals surface area contributed by atoms with Gasteiger partial charge >= 0.3 is 11.7 Å². The van der Waals surface area contributed by atoms with Crippen molar-refractivity contribution in [3.8, 4) is 11.5 Å². The molecule has 1 aromatic heterocycles. The van der Waals surface area contributed by atoms with Gasteiger partial charge in [-0.15, -0.1) is 11.8 Å². The minimum Gasteiger partial charge on any atom is -0.486 e. The number of esters is 1. The van der Waals surface area contributed by atoms with Crippen LogP contribution in [0.25, 0.3) is 0 Å². The van der Waals surface area contributed by atoms with Crippen LogP contribution in [0.3, 0.4) is 0 Å². The Bertz CT molecular complexity index is 834. The monoisotopic (exact) mass is 348 g/mol. The number of hydrogen-bond acceptors (Lipinski definition) is 7. The summed E-state index contributed by atoms with van der Waals surface area (Å²) in [6.07, 6.45) is 0. The number of aromatic amines is 1. The number of thioether (sulfide) groups is 1. The van der Waals surface area contributed by atoms with Crippen LogP contribution < -0.4 is 15.2 Å². The summed E-state index contributed by atoms with van der Waals surface area (Å²) in [5.74, 6) is 1.33. The molecule has 0 fully saturated rings. The van der Waals surface area contributed by atoms with Crippen LogP contribution in [0, 0.1) is 6.92 Å². The molecule has 3 rings (SSSR count). The summed E-state index contributed by atoms with van der Waals surface area (Å²) in [6.45, 7) is 2.65. The summed E-state index contributed by atoms with van der Waals surface area (Å²) < 4.78 is 16.0. The van der Waals surface area contributed by atoms with E-state index in [1.807, 2.05) is 18.2 Å². The number of aryl methyl sites for hydroxylation is 1.